The molecule has 0 radical (unpaired) electrons. The van der Waals surface area contributed by atoms with Gasteiger partial charge in [-0.15, -0.1) is 0 Å². The maximum Gasteiger partial charge on any atom is 0.328 e. The number of nitrogens with two attached hydrogens (primary N) is 1. The summed E-state index contributed by atoms with van der Waals surface area (Å²) in [5.74, 6) is -3.38. The normalized spacial score (nSPS) is 14.5. The SMILES string of the molecule is CC(NC(=O)CNC(=O)C(N)C(C)C)C(=O)NC(CO)C(=O)O. The van der Waals surface area contributed by atoms with Gasteiger partial charge in [-0.3, -0.25) is 14.4 Å². The molecule has 3 unspecified atom stereocenters. The summed E-state index contributed by atoms with van der Waals surface area (Å²) in [6.07, 6.45) is 0. The number of aliphatic hydroxyl groups excluding tert-OH is 1. The molecule has 0 aromatic carbocycles. The molecule has 0 saturated carbocycles. The summed E-state index contributed by atoms with van der Waals surface area (Å²) in [7, 11) is 0. The molecule has 10 nitrogen and oxygen atoms in total. The molecular weight excluding hydrogens is 308 g/mol. The van der Waals surface area contributed by atoms with E-state index < -0.39 is 48.4 Å². The zero-order valence-corrected chi connectivity index (χ0v) is 13.3. The van der Waals surface area contributed by atoms with Gasteiger partial charge in [0, 0.05) is 0 Å². The minimum absolute atomic E-state index is 0.0887. The number of rotatable bonds is 9. The standard InChI is InChI=1S/C13H24N4O6/c1-6(2)10(14)12(21)15-4-9(19)16-7(3)11(20)17-8(5-18)13(22)23/h6-8,10,18H,4-5,14H2,1-3H3,(H,15,21)(H,16,19)(H,17,20)(H,22,23). The highest BCUT2D eigenvalue weighted by atomic mass is 16.4. The third kappa shape index (κ3) is 7.56. The van der Waals surface area contributed by atoms with Crippen LogP contribution < -0.4 is 21.7 Å². The summed E-state index contributed by atoms with van der Waals surface area (Å²) >= 11 is 0. The average Bonchev–Trinajstić information content (AvgIpc) is 2.48. The van der Waals surface area contributed by atoms with Crippen molar-refractivity contribution < 1.29 is 29.4 Å². The van der Waals surface area contributed by atoms with E-state index in [-0.39, 0.29) is 12.5 Å². The van der Waals surface area contributed by atoms with Crippen LogP contribution >= 0.6 is 0 Å². The second kappa shape index (κ2) is 9.74. The number of amides is 3. The predicted octanol–water partition coefficient (Wildman–Crippen LogP) is -2.85. The summed E-state index contributed by atoms with van der Waals surface area (Å²) < 4.78 is 0. The van der Waals surface area contributed by atoms with E-state index in [1.165, 1.54) is 6.92 Å². The van der Waals surface area contributed by atoms with Crippen LogP contribution in [0.2, 0.25) is 0 Å². The first-order valence-electron chi connectivity index (χ1n) is 7.06. The van der Waals surface area contributed by atoms with Gasteiger partial charge < -0.3 is 31.9 Å². The lowest BCUT2D eigenvalue weighted by atomic mass is 10.1. The Bertz CT molecular complexity index is 454. The number of carbonyl (C=O) groups is 4. The lowest BCUT2D eigenvalue weighted by molar-refractivity contribution is -0.143. The minimum Gasteiger partial charge on any atom is -0.480 e. The third-order valence-electron chi connectivity index (χ3n) is 3.01. The summed E-state index contributed by atoms with van der Waals surface area (Å²) in [4.78, 5) is 45.6. The number of carboxylic acid groups (broad SMARTS) is 1. The molecule has 0 aliphatic carbocycles. The van der Waals surface area contributed by atoms with Gasteiger partial charge in [0.15, 0.2) is 0 Å². The van der Waals surface area contributed by atoms with Crippen LogP contribution in [-0.2, 0) is 19.2 Å². The van der Waals surface area contributed by atoms with Crippen molar-refractivity contribution in [3.8, 4) is 0 Å². The van der Waals surface area contributed by atoms with E-state index >= 15 is 0 Å². The van der Waals surface area contributed by atoms with Crippen molar-refractivity contribution >= 4 is 23.7 Å². The molecule has 0 bridgehead atoms. The van der Waals surface area contributed by atoms with Gasteiger partial charge in [0.05, 0.1) is 19.2 Å². The number of nitrogens with one attached hydrogen (secondary N) is 3. The number of aliphatic hydroxyl groups is 1. The van der Waals surface area contributed by atoms with Crippen LogP contribution in [0.25, 0.3) is 0 Å². The van der Waals surface area contributed by atoms with Gasteiger partial charge in [-0.1, -0.05) is 13.8 Å². The van der Waals surface area contributed by atoms with Crippen LogP contribution in [0.3, 0.4) is 0 Å². The lowest BCUT2D eigenvalue weighted by Gasteiger charge is -2.18. The van der Waals surface area contributed by atoms with Gasteiger partial charge in [0.25, 0.3) is 0 Å². The van der Waals surface area contributed by atoms with E-state index in [2.05, 4.69) is 16.0 Å². The molecule has 0 fully saturated rings. The molecule has 0 aromatic rings. The van der Waals surface area contributed by atoms with E-state index in [0.29, 0.717) is 0 Å². The van der Waals surface area contributed by atoms with Gasteiger partial charge in [0.2, 0.25) is 17.7 Å². The van der Waals surface area contributed by atoms with Crippen molar-refractivity contribution in [3.63, 3.8) is 0 Å². The van der Waals surface area contributed by atoms with Crippen molar-refractivity contribution in [2.75, 3.05) is 13.2 Å². The second-order valence-corrected chi connectivity index (χ2v) is 5.36. The van der Waals surface area contributed by atoms with Crippen LogP contribution in [0.15, 0.2) is 0 Å². The van der Waals surface area contributed by atoms with Gasteiger partial charge in [-0.05, 0) is 12.8 Å². The van der Waals surface area contributed by atoms with E-state index in [0.717, 1.165) is 0 Å². The van der Waals surface area contributed by atoms with E-state index in [1.54, 1.807) is 13.8 Å². The number of hydrogen-bond donors (Lipinski definition) is 6. The summed E-state index contributed by atoms with van der Waals surface area (Å²) in [5, 5.41) is 24.2. The van der Waals surface area contributed by atoms with Crippen molar-refractivity contribution in [2.24, 2.45) is 11.7 Å². The Morgan fingerprint density at radius 1 is 1.04 bits per heavy atom. The number of carbonyl (C=O) groups excluding carboxylic acids is 3. The quantitative estimate of drug-likeness (QED) is 0.264. The number of aliphatic carboxylic acids is 1. The maximum atomic E-state index is 11.7. The molecule has 10 heteroatoms. The Hall–Kier alpha value is -2.20. The molecule has 0 spiro atoms. The fraction of sp³-hybridized carbons (Fsp3) is 0.692. The zero-order chi connectivity index (χ0) is 18.2. The van der Waals surface area contributed by atoms with E-state index in [9.17, 15) is 19.2 Å². The minimum atomic E-state index is -1.45. The molecular formula is C13H24N4O6. The molecule has 132 valence electrons. The van der Waals surface area contributed by atoms with Crippen LogP contribution in [0.5, 0.6) is 0 Å². The van der Waals surface area contributed by atoms with Crippen LogP contribution in [-0.4, -0.2) is 65.2 Å². The fourth-order valence-electron chi connectivity index (χ4n) is 1.43. The maximum absolute atomic E-state index is 11.7. The molecule has 0 rings (SSSR count). The van der Waals surface area contributed by atoms with E-state index in [1.807, 2.05) is 0 Å². The number of hydrogen-bond acceptors (Lipinski definition) is 6. The largest absolute Gasteiger partial charge is 0.480 e. The monoisotopic (exact) mass is 332 g/mol. The molecule has 0 aliphatic rings. The highest BCUT2D eigenvalue weighted by molar-refractivity contribution is 5.92. The molecule has 0 heterocycles. The lowest BCUT2D eigenvalue weighted by Crippen LogP contribution is -2.53. The van der Waals surface area contributed by atoms with Crippen LogP contribution in [0.4, 0.5) is 0 Å². The molecule has 23 heavy (non-hydrogen) atoms. The second-order valence-electron chi connectivity index (χ2n) is 5.36. The third-order valence-corrected chi connectivity index (χ3v) is 3.01. The highest BCUT2D eigenvalue weighted by Crippen LogP contribution is 1.97. The van der Waals surface area contributed by atoms with Crippen LogP contribution in [0, 0.1) is 5.92 Å². The Morgan fingerprint density at radius 3 is 2.04 bits per heavy atom. The van der Waals surface area contributed by atoms with Crippen LogP contribution in [0.1, 0.15) is 20.8 Å². The fourth-order valence-corrected chi connectivity index (χ4v) is 1.43. The van der Waals surface area contributed by atoms with Crippen molar-refractivity contribution in [2.45, 2.75) is 38.9 Å². The zero-order valence-electron chi connectivity index (χ0n) is 13.3. The Morgan fingerprint density at radius 2 is 1.61 bits per heavy atom. The Labute approximate surface area is 133 Å². The van der Waals surface area contributed by atoms with Crippen molar-refractivity contribution in [1.82, 2.24) is 16.0 Å². The predicted molar refractivity (Wildman–Crippen MR) is 80.1 cm³/mol. The Kier molecular flexibility index (Phi) is 8.81. The van der Waals surface area contributed by atoms with Gasteiger partial charge in [0.1, 0.15) is 12.1 Å². The first-order chi connectivity index (χ1) is 10.6. The van der Waals surface area contributed by atoms with Gasteiger partial charge in [-0.25, -0.2) is 4.79 Å². The topological polar surface area (TPSA) is 171 Å². The molecule has 0 aliphatic heterocycles. The smallest absolute Gasteiger partial charge is 0.328 e. The summed E-state index contributed by atoms with van der Waals surface area (Å²) in [6, 6.07) is -3.23. The molecule has 3 atom stereocenters. The van der Waals surface area contributed by atoms with Gasteiger partial charge >= 0.3 is 5.97 Å². The average molecular weight is 332 g/mol. The first kappa shape index (κ1) is 20.8. The molecule has 0 aromatic heterocycles. The molecule has 3 amide bonds. The number of carboxylic acids is 1. The highest BCUT2D eigenvalue weighted by Gasteiger charge is 2.23. The van der Waals surface area contributed by atoms with E-state index in [4.69, 9.17) is 15.9 Å². The molecule has 7 N–H and O–H groups in total. The summed E-state index contributed by atoms with van der Waals surface area (Å²) in [5.41, 5.74) is 5.61. The van der Waals surface area contributed by atoms with Gasteiger partial charge in [-0.2, -0.15) is 0 Å². The molecule has 0 saturated heterocycles. The van der Waals surface area contributed by atoms with Crippen molar-refractivity contribution in [1.29, 1.82) is 0 Å². The summed E-state index contributed by atoms with van der Waals surface area (Å²) in [6.45, 7) is 3.73. The Balaban J connectivity index is 4.31. The van der Waals surface area contributed by atoms with Crippen molar-refractivity contribution in [3.05, 3.63) is 0 Å². The first-order valence-corrected chi connectivity index (χ1v) is 7.06.